The van der Waals surface area contributed by atoms with Crippen LogP contribution in [0.5, 0.6) is 0 Å². The predicted octanol–water partition coefficient (Wildman–Crippen LogP) is 3.99. The summed E-state index contributed by atoms with van der Waals surface area (Å²) in [5.74, 6) is -0.189. The third-order valence-electron chi connectivity index (χ3n) is 3.58. The summed E-state index contributed by atoms with van der Waals surface area (Å²) in [6, 6.07) is 13.4. The number of carbonyl (C=O) groups is 1. The minimum Gasteiger partial charge on any atom is -0.294 e. The Morgan fingerprint density at radius 1 is 0.957 bits per heavy atom. The van der Waals surface area contributed by atoms with Crippen LogP contribution in [0.4, 0.5) is 5.69 Å². The minimum atomic E-state index is -3.73. The van der Waals surface area contributed by atoms with E-state index < -0.39 is 10.0 Å². The van der Waals surface area contributed by atoms with Gasteiger partial charge in [-0.1, -0.05) is 45.0 Å². The maximum atomic E-state index is 12.5. The first-order valence-electron chi connectivity index (χ1n) is 7.34. The fourth-order valence-corrected chi connectivity index (χ4v) is 3.30. The Hall–Kier alpha value is -2.14. The third-order valence-corrected chi connectivity index (χ3v) is 4.96. The summed E-state index contributed by atoms with van der Waals surface area (Å²) in [7, 11) is -3.73. The highest BCUT2D eigenvalue weighted by molar-refractivity contribution is 7.92. The first-order valence-corrected chi connectivity index (χ1v) is 8.83. The van der Waals surface area contributed by atoms with E-state index in [1.54, 1.807) is 36.4 Å². The number of sulfonamides is 1. The zero-order valence-electron chi connectivity index (χ0n) is 13.8. The number of nitrogens with one attached hydrogen (secondary N) is 1. The summed E-state index contributed by atoms with van der Waals surface area (Å²) in [5, 5.41) is 0. The molecule has 122 valence electrons. The highest BCUT2D eigenvalue weighted by atomic mass is 32.2. The number of anilines is 1. The molecule has 0 aliphatic rings. The Bertz CT molecular complexity index is 816. The van der Waals surface area contributed by atoms with E-state index in [0.29, 0.717) is 11.3 Å². The molecular weight excluding hydrogens is 310 g/mol. The molecule has 0 heterocycles. The van der Waals surface area contributed by atoms with E-state index >= 15 is 0 Å². The maximum Gasteiger partial charge on any atom is 0.261 e. The lowest BCUT2D eigenvalue weighted by Crippen LogP contribution is -2.16. The molecule has 0 amide bonds. The van der Waals surface area contributed by atoms with Crippen LogP contribution in [-0.4, -0.2) is 14.2 Å². The standard InChI is InChI=1S/C18H21NO3S/c1-13(20)16-7-5-6-8-17(16)19-23(21,22)15-11-9-14(10-12-15)18(2,3)4/h5-12,19H,1-4H3. The summed E-state index contributed by atoms with van der Waals surface area (Å²) in [6.07, 6.45) is 0. The van der Waals surface area contributed by atoms with Crippen molar-refractivity contribution in [2.75, 3.05) is 4.72 Å². The highest BCUT2D eigenvalue weighted by Crippen LogP contribution is 2.25. The van der Waals surface area contributed by atoms with Crippen molar-refractivity contribution in [3.05, 3.63) is 59.7 Å². The molecule has 2 rings (SSSR count). The molecule has 0 aliphatic heterocycles. The second-order valence-corrected chi connectivity index (χ2v) is 8.16. The predicted molar refractivity (Wildman–Crippen MR) is 92.4 cm³/mol. The van der Waals surface area contributed by atoms with Crippen molar-refractivity contribution in [1.29, 1.82) is 0 Å². The van der Waals surface area contributed by atoms with Crippen LogP contribution < -0.4 is 4.72 Å². The number of rotatable bonds is 4. The average Bonchev–Trinajstić information content (AvgIpc) is 2.46. The molecule has 0 bridgehead atoms. The van der Waals surface area contributed by atoms with E-state index in [1.165, 1.54) is 6.92 Å². The lowest BCUT2D eigenvalue weighted by Gasteiger charge is -2.19. The van der Waals surface area contributed by atoms with E-state index in [4.69, 9.17) is 0 Å². The highest BCUT2D eigenvalue weighted by Gasteiger charge is 2.19. The number of para-hydroxylation sites is 1. The van der Waals surface area contributed by atoms with Gasteiger partial charge >= 0.3 is 0 Å². The molecule has 0 aliphatic carbocycles. The minimum absolute atomic E-state index is 0.0447. The van der Waals surface area contributed by atoms with E-state index in [0.717, 1.165) is 5.56 Å². The topological polar surface area (TPSA) is 63.2 Å². The van der Waals surface area contributed by atoms with Crippen molar-refractivity contribution in [3.63, 3.8) is 0 Å². The molecule has 0 unspecified atom stereocenters. The molecule has 23 heavy (non-hydrogen) atoms. The number of hydrogen-bond acceptors (Lipinski definition) is 3. The molecule has 2 aromatic rings. The normalized spacial score (nSPS) is 12.0. The quantitative estimate of drug-likeness (QED) is 0.862. The van der Waals surface area contributed by atoms with Crippen LogP contribution in [0, 0.1) is 0 Å². The lowest BCUT2D eigenvalue weighted by atomic mass is 9.87. The van der Waals surface area contributed by atoms with Crippen LogP contribution in [0.15, 0.2) is 53.4 Å². The van der Waals surface area contributed by atoms with Crippen LogP contribution in [0.25, 0.3) is 0 Å². The molecule has 0 spiro atoms. The summed E-state index contributed by atoms with van der Waals surface area (Å²) in [5.41, 5.74) is 1.65. The SMILES string of the molecule is CC(=O)c1ccccc1NS(=O)(=O)c1ccc(C(C)(C)C)cc1. The van der Waals surface area contributed by atoms with Gasteiger partial charge < -0.3 is 0 Å². The molecule has 0 fully saturated rings. The van der Waals surface area contributed by atoms with Gasteiger partial charge in [-0.2, -0.15) is 0 Å². The van der Waals surface area contributed by atoms with Gasteiger partial charge in [-0.15, -0.1) is 0 Å². The molecule has 0 atom stereocenters. The molecule has 0 saturated heterocycles. The Kier molecular flexibility index (Phi) is 4.61. The van der Waals surface area contributed by atoms with Crippen LogP contribution in [0.3, 0.4) is 0 Å². The second kappa shape index (κ2) is 6.16. The van der Waals surface area contributed by atoms with Gasteiger partial charge in [0, 0.05) is 5.56 Å². The van der Waals surface area contributed by atoms with Crippen molar-refractivity contribution >= 4 is 21.5 Å². The van der Waals surface area contributed by atoms with Gasteiger partial charge in [0.25, 0.3) is 10.0 Å². The smallest absolute Gasteiger partial charge is 0.261 e. The lowest BCUT2D eigenvalue weighted by molar-refractivity contribution is 0.101. The molecule has 5 heteroatoms. The van der Waals surface area contributed by atoms with Crippen molar-refractivity contribution in [2.24, 2.45) is 0 Å². The van der Waals surface area contributed by atoms with Gasteiger partial charge in [-0.25, -0.2) is 8.42 Å². The molecule has 0 aromatic heterocycles. The third kappa shape index (κ3) is 3.99. The maximum absolute atomic E-state index is 12.5. The van der Waals surface area contributed by atoms with E-state index in [9.17, 15) is 13.2 Å². The Morgan fingerprint density at radius 3 is 2.04 bits per heavy atom. The van der Waals surface area contributed by atoms with E-state index in [2.05, 4.69) is 25.5 Å². The molecule has 2 aromatic carbocycles. The van der Waals surface area contributed by atoms with Gasteiger partial charge in [0.1, 0.15) is 0 Å². The summed E-state index contributed by atoms with van der Waals surface area (Å²) in [4.78, 5) is 11.8. The number of benzene rings is 2. The van der Waals surface area contributed by atoms with Crippen LogP contribution in [0.2, 0.25) is 0 Å². The van der Waals surface area contributed by atoms with Crippen LogP contribution in [-0.2, 0) is 15.4 Å². The van der Waals surface area contributed by atoms with E-state index in [1.807, 2.05) is 12.1 Å². The largest absolute Gasteiger partial charge is 0.294 e. The van der Waals surface area contributed by atoms with Gasteiger partial charge in [-0.3, -0.25) is 9.52 Å². The van der Waals surface area contributed by atoms with Crippen LogP contribution in [0.1, 0.15) is 43.6 Å². The summed E-state index contributed by atoms with van der Waals surface area (Å²) < 4.78 is 27.5. The summed E-state index contributed by atoms with van der Waals surface area (Å²) >= 11 is 0. The monoisotopic (exact) mass is 331 g/mol. The fraction of sp³-hybridized carbons (Fsp3) is 0.278. The number of carbonyl (C=O) groups excluding carboxylic acids is 1. The first-order chi connectivity index (χ1) is 10.6. The second-order valence-electron chi connectivity index (χ2n) is 6.48. The van der Waals surface area contributed by atoms with Crippen molar-refractivity contribution in [2.45, 2.75) is 38.0 Å². The molecular formula is C18H21NO3S. The van der Waals surface area contributed by atoms with Crippen molar-refractivity contribution < 1.29 is 13.2 Å². The van der Waals surface area contributed by atoms with Crippen molar-refractivity contribution in [1.82, 2.24) is 0 Å². The zero-order valence-corrected chi connectivity index (χ0v) is 14.6. The number of ketones is 1. The average molecular weight is 331 g/mol. The molecule has 0 saturated carbocycles. The Labute approximate surface area is 137 Å². The van der Waals surface area contributed by atoms with Gasteiger partial charge in [0.05, 0.1) is 10.6 Å². The Balaban J connectivity index is 2.35. The van der Waals surface area contributed by atoms with Crippen molar-refractivity contribution in [3.8, 4) is 0 Å². The number of Topliss-reactive ketones (excluding diaryl/α,β-unsaturated/α-hetero) is 1. The molecule has 0 radical (unpaired) electrons. The Morgan fingerprint density at radius 2 is 1.52 bits per heavy atom. The molecule has 4 nitrogen and oxygen atoms in total. The first kappa shape index (κ1) is 17.2. The zero-order chi connectivity index (χ0) is 17.3. The van der Waals surface area contributed by atoms with Crippen LogP contribution >= 0.6 is 0 Å². The number of hydrogen-bond donors (Lipinski definition) is 1. The van der Waals surface area contributed by atoms with Gasteiger partial charge in [0.2, 0.25) is 0 Å². The van der Waals surface area contributed by atoms with Gasteiger partial charge in [-0.05, 0) is 42.2 Å². The fourth-order valence-electron chi connectivity index (χ4n) is 2.22. The summed E-state index contributed by atoms with van der Waals surface area (Å²) in [6.45, 7) is 7.61. The van der Waals surface area contributed by atoms with Gasteiger partial charge in [0.15, 0.2) is 5.78 Å². The molecule has 1 N–H and O–H groups in total. The van der Waals surface area contributed by atoms with E-state index in [-0.39, 0.29) is 16.1 Å².